The summed E-state index contributed by atoms with van der Waals surface area (Å²) >= 11 is 0. The molecule has 1 aliphatic rings. The molecule has 0 saturated heterocycles. The summed E-state index contributed by atoms with van der Waals surface area (Å²) in [5.41, 5.74) is -1.60. The minimum Gasteiger partial charge on any atom is -0.484 e. The van der Waals surface area contributed by atoms with E-state index in [2.05, 4.69) is 15.6 Å². The van der Waals surface area contributed by atoms with Crippen LogP contribution in [0.4, 0.5) is 13.2 Å². The lowest BCUT2D eigenvalue weighted by Crippen LogP contribution is -2.66. The molecular weight excluding hydrogens is 363 g/mol. The van der Waals surface area contributed by atoms with Gasteiger partial charge in [0.15, 0.2) is 18.6 Å². The number of carbonyl (C=O) groups is 2. The Bertz CT molecular complexity index is 712. The number of nitrogens with zero attached hydrogens (tertiary/aromatic N) is 1. The fourth-order valence-electron chi connectivity index (χ4n) is 2.69. The van der Waals surface area contributed by atoms with Gasteiger partial charge in [0.25, 0.3) is 5.91 Å². The molecule has 1 atom stereocenters. The van der Waals surface area contributed by atoms with Crippen LogP contribution in [0.2, 0.25) is 0 Å². The first kappa shape index (κ1) is 21.1. The Morgan fingerprint density at radius 1 is 1.33 bits per heavy atom. The number of halogens is 3. The van der Waals surface area contributed by atoms with E-state index in [0.29, 0.717) is 11.8 Å². The quantitative estimate of drug-likeness (QED) is 0.556. The van der Waals surface area contributed by atoms with E-state index in [1.807, 2.05) is 0 Å². The number of nitrogens with one attached hydrogen (secondary N) is 2. The van der Waals surface area contributed by atoms with Crippen LogP contribution in [0.3, 0.4) is 0 Å². The number of hydrogen-bond acceptors (Lipinski definition) is 5. The topological polar surface area (TPSA) is 80.3 Å². The van der Waals surface area contributed by atoms with Gasteiger partial charge in [-0.3, -0.25) is 19.9 Å². The highest BCUT2D eigenvalue weighted by Gasteiger charge is 2.42. The van der Waals surface area contributed by atoms with Gasteiger partial charge in [-0.1, -0.05) is 20.8 Å². The molecule has 2 N–H and O–H groups in total. The minimum atomic E-state index is -4.49. The lowest BCUT2D eigenvalue weighted by Gasteiger charge is -2.40. The van der Waals surface area contributed by atoms with Crippen LogP contribution in [0.1, 0.15) is 55.6 Å². The Morgan fingerprint density at radius 2 is 1.96 bits per heavy atom. The number of rotatable bonds is 7. The first-order valence-corrected chi connectivity index (χ1v) is 8.59. The highest BCUT2D eigenvalue weighted by molar-refractivity contribution is 5.95. The summed E-state index contributed by atoms with van der Waals surface area (Å²) in [5, 5.41) is 5.39. The molecular formula is C18H24F3N3O3. The van der Waals surface area contributed by atoms with Crippen LogP contribution in [0, 0.1) is 5.41 Å². The number of pyridine rings is 1. The number of aldehydes is 1. The van der Waals surface area contributed by atoms with Crippen molar-refractivity contribution in [3.05, 3.63) is 23.5 Å². The van der Waals surface area contributed by atoms with E-state index in [0.717, 1.165) is 12.8 Å². The molecule has 0 aliphatic heterocycles. The zero-order valence-electron chi connectivity index (χ0n) is 15.7. The van der Waals surface area contributed by atoms with Crippen molar-refractivity contribution < 1.29 is 27.5 Å². The molecule has 2 rings (SSSR count). The van der Waals surface area contributed by atoms with Gasteiger partial charge in [0.1, 0.15) is 11.4 Å². The average molecular weight is 387 g/mol. The Hall–Kier alpha value is -2.16. The van der Waals surface area contributed by atoms with Crippen molar-refractivity contribution in [2.24, 2.45) is 5.41 Å². The second kappa shape index (κ2) is 7.46. The van der Waals surface area contributed by atoms with Gasteiger partial charge in [-0.2, -0.15) is 13.2 Å². The first-order valence-electron chi connectivity index (χ1n) is 8.59. The predicted octanol–water partition coefficient (Wildman–Crippen LogP) is 2.79. The third-order valence-electron chi connectivity index (χ3n) is 4.60. The molecule has 0 aromatic carbocycles. The molecule has 0 unspecified atom stereocenters. The van der Waals surface area contributed by atoms with Gasteiger partial charge in [0.05, 0.1) is 0 Å². The van der Waals surface area contributed by atoms with Crippen molar-refractivity contribution in [3.63, 3.8) is 0 Å². The smallest absolute Gasteiger partial charge is 0.422 e. The van der Waals surface area contributed by atoms with E-state index in [1.54, 1.807) is 20.8 Å². The molecule has 1 aliphatic carbocycles. The van der Waals surface area contributed by atoms with Crippen LogP contribution in [-0.2, 0) is 4.79 Å². The van der Waals surface area contributed by atoms with E-state index in [-0.39, 0.29) is 17.4 Å². The summed E-state index contributed by atoms with van der Waals surface area (Å²) in [4.78, 5) is 28.3. The molecule has 1 amide bonds. The van der Waals surface area contributed by atoms with E-state index in [4.69, 9.17) is 4.74 Å². The summed E-state index contributed by atoms with van der Waals surface area (Å²) in [6, 6.07) is 1.20. The standard InChI is InChI=1S/C18H24F3N3O3/c1-16(2,3)17(9-25,22-4)24-15(26)13-7-14(27-10-18(19,20)21)12(8-23-13)11-5-6-11/h7-9,11,22H,5-6,10H2,1-4H3,(H,24,26)/t17-/m0/s1. The van der Waals surface area contributed by atoms with Gasteiger partial charge in [-0.25, -0.2) is 0 Å². The molecule has 27 heavy (non-hydrogen) atoms. The number of carbonyl (C=O) groups excluding carboxylic acids is 2. The molecule has 1 saturated carbocycles. The maximum Gasteiger partial charge on any atom is 0.422 e. The number of hydrogen-bond donors (Lipinski definition) is 2. The Kier molecular flexibility index (Phi) is 5.84. The zero-order valence-corrected chi connectivity index (χ0v) is 15.7. The highest BCUT2D eigenvalue weighted by atomic mass is 19.4. The van der Waals surface area contributed by atoms with E-state index in [9.17, 15) is 22.8 Å². The first-order chi connectivity index (χ1) is 12.4. The van der Waals surface area contributed by atoms with Crippen LogP contribution in [0.25, 0.3) is 0 Å². The predicted molar refractivity (Wildman–Crippen MR) is 92.5 cm³/mol. The lowest BCUT2D eigenvalue weighted by atomic mass is 9.81. The van der Waals surface area contributed by atoms with Crippen LogP contribution in [0.15, 0.2) is 12.3 Å². The SMILES string of the molecule is CN[C@@](C=O)(NC(=O)c1cc(OCC(F)(F)F)c(C2CC2)cn1)C(C)(C)C. The van der Waals surface area contributed by atoms with Crippen molar-refractivity contribution in [2.75, 3.05) is 13.7 Å². The number of amides is 1. The van der Waals surface area contributed by atoms with Crippen LogP contribution < -0.4 is 15.4 Å². The Labute approximate surface area is 155 Å². The van der Waals surface area contributed by atoms with Gasteiger partial charge in [-0.05, 0) is 25.8 Å². The molecule has 150 valence electrons. The van der Waals surface area contributed by atoms with Gasteiger partial charge >= 0.3 is 6.18 Å². The third kappa shape index (κ3) is 4.97. The largest absolute Gasteiger partial charge is 0.484 e. The highest BCUT2D eigenvalue weighted by Crippen LogP contribution is 2.44. The van der Waals surface area contributed by atoms with Gasteiger partial charge in [-0.15, -0.1) is 0 Å². The van der Waals surface area contributed by atoms with Crippen molar-refractivity contribution in [1.29, 1.82) is 0 Å². The number of aromatic nitrogens is 1. The fraction of sp³-hybridized carbons (Fsp3) is 0.611. The van der Waals surface area contributed by atoms with Gasteiger partial charge in [0, 0.05) is 23.2 Å². The third-order valence-corrected chi connectivity index (χ3v) is 4.60. The molecule has 1 aromatic heterocycles. The monoisotopic (exact) mass is 387 g/mol. The zero-order chi connectivity index (χ0) is 20.5. The number of alkyl halides is 3. The molecule has 1 fully saturated rings. The van der Waals surface area contributed by atoms with Crippen molar-refractivity contribution in [3.8, 4) is 5.75 Å². The normalized spacial score (nSPS) is 17.1. The summed E-state index contributed by atoms with van der Waals surface area (Å²) in [6.45, 7) is 3.84. The molecule has 1 heterocycles. The van der Waals surface area contributed by atoms with Gasteiger partial charge < -0.3 is 10.1 Å². The lowest BCUT2D eigenvalue weighted by molar-refractivity contribution is -0.153. The van der Waals surface area contributed by atoms with E-state index in [1.165, 1.54) is 19.3 Å². The van der Waals surface area contributed by atoms with E-state index < -0.39 is 29.8 Å². The minimum absolute atomic E-state index is 0.00751. The molecule has 9 heteroatoms. The molecule has 0 spiro atoms. The Balaban J connectivity index is 2.29. The molecule has 6 nitrogen and oxygen atoms in total. The van der Waals surface area contributed by atoms with Crippen LogP contribution >= 0.6 is 0 Å². The fourth-order valence-corrected chi connectivity index (χ4v) is 2.69. The van der Waals surface area contributed by atoms with Crippen LogP contribution in [0.5, 0.6) is 5.75 Å². The second-order valence-electron chi connectivity index (χ2n) is 7.67. The molecule has 1 aromatic rings. The number of likely N-dealkylation sites (N-methyl/N-ethyl adjacent to an activating group) is 1. The van der Waals surface area contributed by atoms with Crippen LogP contribution in [-0.4, -0.2) is 42.7 Å². The van der Waals surface area contributed by atoms with Crippen molar-refractivity contribution in [1.82, 2.24) is 15.6 Å². The summed E-state index contributed by atoms with van der Waals surface area (Å²) < 4.78 is 42.5. The molecule has 0 radical (unpaired) electrons. The summed E-state index contributed by atoms with van der Waals surface area (Å²) in [7, 11) is 1.53. The Morgan fingerprint density at radius 3 is 2.41 bits per heavy atom. The second-order valence-corrected chi connectivity index (χ2v) is 7.67. The summed E-state index contributed by atoms with van der Waals surface area (Å²) in [6.07, 6.45) is -0.847. The van der Waals surface area contributed by atoms with E-state index >= 15 is 0 Å². The van der Waals surface area contributed by atoms with Crippen molar-refractivity contribution >= 4 is 12.2 Å². The molecule has 0 bridgehead atoms. The maximum absolute atomic E-state index is 12.6. The average Bonchev–Trinajstić information content (AvgIpc) is 3.40. The maximum atomic E-state index is 12.6. The summed E-state index contributed by atoms with van der Waals surface area (Å²) in [5.74, 6) is -0.601. The number of ether oxygens (including phenoxy) is 1. The van der Waals surface area contributed by atoms with Gasteiger partial charge in [0.2, 0.25) is 0 Å². The van der Waals surface area contributed by atoms with Crippen molar-refractivity contribution in [2.45, 2.75) is 51.4 Å².